The van der Waals surface area contributed by atoms with Crippen molar-refractivity contribution in [3.63, 3.8) is 0 Å². The van der Waals surface area contributed by atoms with E-state index in [1.165, 1.54) is 43.6 Å². The van der Waals surface area contributed by atoms with Crippen molar-refractivity contribution in [1.82, 2.24) is 4.98 Å². The first-order chi connectivity index (χ1) is 13.6. The van der Waals surface area contributed by atoms with Crippen LogP contribution < -0.4 is 10.1 Å². The van der Waals surface area contributed by atoms with Crippen LogP contribution >= 0.6 is 0 Å². The molecule has 1 aromatic heterocycles. The number of benzene rings is 2. The molecule has 0 spiro atoms. The molecule has 0 fully saturated rings. The second-order valence-corrected chi connectivity index (χ2v) is 5.73. The van der Waals surface area contributed by atoms with E-state index in [9.17, 15) is 14.0 Å². The Labute approximate surface area is 160 Å². The number of esters is 1. The Hall–Kier alpha value is -3.74. The number of aromatic nitrogens is 1. The van der Waals surface area contributed by atoms with Gasteiger partial charge < -0.3 is 14.8 Å². The lowest BCUT2D eigenvalue weighted by Crippen LogP contribution is -2.15. The predicted molar refractivity (Wildman–Crippen MR) is 102 cm³/mol. The maximum atomic E-state index is 12.9. The van der Waals surface area contributed by atoms with E-state index in [1.54, 1.807) is 18.2 Å². The molecular formula is C21H17FN2O4. The second kappa shape index (κ2) is 8.77. The fourth-order valence-electron chi connectivity index (χ4n) is 2.47. The minimum atomic E-state index is -0.707. The van der Waals surface area contributed by atoms with Crippen molar-refractivity contribution in [3.05, 3.63) is 83.8 Å². The number of halogens is 1. The molecule has 0 bridgehead atoms. The summed E-state index contributed by atoms with van der Waals surface area (Å²) >= 11 is 0. The fourth-order valence-corrected chi connectivity index (χ4v) is 2.47. The number of anilines is 2. The first-order valence-corrected chi connectivity index (χ1v) is 8.39. The average molecular weight is 380 g/mol. The molecule has 0 saturated heterocycles. The zero-order valence-corrected chi connectivity index (χ0v) is 15.0. The topological polar surface area (TPSA) is 77.5 Å². The van der Waals surface area contributed by atoms with Gasteiger partial charge in [0.2, 0.25) is 0 Å². The van der Waals surface area contributed by atoms with Gasteiger partial charge in [-0.05, 0) is 48.5 Å². The number of methoxy groups -OCH3 is 1. The summed E-state index contributed by atoms with van der Waals surface area (Å²) in [6.07, 6.45) is 1.53. The number of ketones is 1. The normalized spacial score (nSPS) is 10.2. The van der Waals surface area contributed by atoms with Crippen molar-refractivity contribution < 1.29 is 23.5 Å². The zero-order valence-electron chi connectivity index (χ0n) is 15.0. The van der Waals surface area contributed by atoms with Gasteiger partial charge in [-0.2, -0.15) is 0 Å². The van der Waals surface area contributed by atoms with E-state index in [-0.39, 0.29) is 16.9 Å². The second-order valence-electron chi connectivity index (χ2n) is 5.73. The summed E-state index contributed by atoms with van der Waals surface area (Å²) in [6, 6.07) is 15.3. The number of nitrogens with one attached hydrogen (secondary N) is 1. The van der Waals surface area contributed by atoms with Gasteiger partial charge >= 0.3 is 5.97 Å². The highest BCUT2D eigenvalue weighted by molar-refractivity contribution is 6.00. The number of hydrogen-bond acceptors (Lipinski definition) is 6. The van der Waals surface area contributed by atoms with Crippen LogP contribution in [0.3, 0.4) is 0 Å². The molecule has 7 heteroatoms. The maximum absolute atomic E-state index is 12.9. The van der Waals surface area contributed by atoms with Crippen molar-refractivity contribution in [1.29, 1.82) is 0 Å². The molecule has 0 unspecified atom stereocenters. The Morgan fingerprint density at radius 3 is 2.54 bits per heavy atom. The Bertz CT molecular complexity index is 990. The summed E-state index contributed by atoms with van der Waals surface area (Å²) in [6.45, 7) is -0.465. The first kappa shape index (κ1) is 19.0. The third-order valence-corrected chi connectivity index (χ3v) is 3.89. The first-order valence-electron chi connectivity index (χ1n) is 8.39. The minimum absolute atomic E-state index is 0.167. The number of Topliss-reactive ketones (excluding diaryl/α,β-unsaturated/α-hetero) is 1. The largest absolute Gasteiger partial charge is 0.495 e. The molecule has 1 N–H and O–H groups in total. The van der Waals surface area contributed by atoms with E-state index in [4.69, 9.17) is 9.47 Å². The van der Waals surface area contributed by atoms with Crippen molar-refractivity contribution in [2.45, 2.75) is 0 Å². The molecule has 0 atom stereocenters. The van der Waals surface area contributed by atoms with E-state index in [2.05, 4.69) is 10.3 Å². The standard InChI is InChI=1S/C21H17FN2O4/c1-27-19-7-3-2-6-17(19)24-20-16(5-4-12-23-20)21(26)28-13-18(25)14-8-10-15(22)11-9-14/h2-12H,13H2,1H3,(H,23,24). The average Bonchev–Trinajstić information content (AvgIpc) is 2.73. The molecule has 0 amide bonds. The lowest BCUT2D eigenvalue weighted by atomic mass is 10.1. The quantitative estimate of drug-likeness (QED) is 0.493. The highest BCUT2D eigenvalue weighted by Gasteiger charge is 2.17. The highest BCUT2D eigenvalue weighted by atomic mass is 19.1. The van der Waals surface area contributed by atoms with Crippen molar-refractivity contribution >= 4 is 23.3 Å². The molecule has 2 aromatic carbocycles. The fraction of sp³-hybridized carbons (Fsp3) is 0.0952. The number of rotatable bonds is 7. The van der Waals surface area contributed by atoms with Gasteiger partial charge in [0.05, 0.1) is 12.8 Å². The van der Waals surface area contributed by atoms with Crippen LogP contribution in [0.25, 0.3) is 0 Å². The van der Waals surface area contributed by atoms with Gasteiger partial charge in [0.1, 0.15) is 22.9 Å². The number of ether oxygens (including phenoxy) is 2. The smallest absolute Gasteiger partial charge is 0.342 e. The van der Waals surface area contributed by atoms with Gasteiger partial charge in [-0.25, -0.2) is 14.2 Å². The Kier molecular flexibility index (Phi) is 5.96. The number of para-hydroxylation sites is 2. The number of carbonyl (C=O) groups excluding carboxylic acids is 2. The molecule has 0 aliphatic carbocycles. The van der Waals surface area contributed by atoms with Crippen molar-refractivity contribution in [2.24, 2.45) is 0 Å². The van der Waals surface area contributed by atoms with E-state index in [1.807, 2.05) is 12.1 Å². The van der Waals surface area contributed by atoms with Crippen LogP contribution in [-0.4, -0.2) is 30.5 Å². The van der Waals surface area contributed by atoms with Crippen LogP contribution in [0.1, 0.15) is 20.7 Å². The summed E-state index contributed by atoms with van der Waals surface area (Å²) in [5.74, 6) is -0.737. The summed E-state index contributed by atoms with van der Waals surface area (Å²) in [7, 11) is 1.54. The SMILES string of the molecule is COc1ccccc1Nc1ncccc1C(=O)OCC(=O)c1ccc(F)cc1. The van der Waals surface area contributed by atoms with Crippen LogP contribution in [0.5, 0.6) is 5.75 Å². The molecule has 1 heterocycles. The van der Waals surface area contributed by atoms with Crippen molar-refractivity contribution in [3.8, 4) is 5.75 Å². The molecule has 3 rings (SSSR count). The predicted octanol–water partition coefficient (Wildman–Crippen LogP) is 4.01. The van der Waals surface area contributed by atoms with Gasteiger partial charge in [-0.1, -0.05) is 12.1 Å². The van der Waals surface area contributed by atoms with Crippen LogP contribution in [-0.2, 0) is 4.74 Å². The summed E-state index contributed by atoms with van der Waals surface area (Å²) in [5.41, 5.74) is 1.05. The van der Waals surface area contributed by atoms with Crippen LogP contribution in [0.15, 0.2) is 66.9 Å². The van der Waals surface area contributed by atoms with E-state index in [0.717, 1.165) is 0 Å². The summed E-state index contributed by atoms with van der Waals surface area (Å²) in [4.78, 5) is 28.7. The molecule has 0 aliphatic heterocycles. The Morgan fingerprint density at radius 1 is 1.04 bits per heavy atom. The maximum Gasteiger partial charge on any atom is 0.342 e. The van der Waals surface area contributed by atoms with Crippen LogP contribution in [0.4, 0.5) is 15.9 Å². The van der Waals surface area contributed by atoms with E-state index in [0.29, 0.717) is 11.4 Å². The molecular weight excluding hydrogens is 363 g/mol. The molecule has 142 valence electrons. The third kappa shape index (κ3) is 4.50. The number of pyridine rings is 1. The van der Waals surface area contributed by atoms with Crippen molar-refractivity contribution in [2.75, 3.05) is 19.0 Å². The zero-order chi connectivity index (χ0) is 19.9. The number of nitrogens with zero attached hydrogens (tertiary/aromatic N) is 1. The van der Waals surface area contributed by atoms with Crippen LogP contribution in [0.2, 0.25) is 0 Å². The Balaban J connectivity index is 1.72. The summed E-state index contributed by atoms with van der Waals surface area (Å²) < 4.78 is 23.3. The number of carbonyl (C=O) groups is 2. The minimum Gasteiger partial charge on any atom is -0.495 e. The molecule has 0 aliphatic rings. The van der Waals surface area contributed by atoms with Gasteiger partial charge in [-0.15, -0.1) is 0 Å². The van der Waals surface area contributed by atoms with Gasteiger partial charge in [-0.3, -0.25) is 4.79 Å². The Morgan fingerprint density at radius 2 is 1.79 bits per heavy atom. The van der Waals surface area contributed by atoms with Gasteiger partial charge in [0.25, 0.3) is 0 Å². The number of hydrogen-bond donors (Lipinski definition) is 1. The molecule has 28 heavy (non-hydrogen) atoms. The van der Waals surface area contributed by atoms with Crippen LogP contribution in [0, 0.1) is 5.82 Å². The molecule has 0 saturated carbocycles. The highest BCUT2D eigenvalue weighted by Crippen LogP contribution is 2.27. The monoisotopic (exact) mass is 380 g/mol. The lowest BCUT2D eigenvalue weighted by molar-refractivity contribution is 0.0475. The van der Waals surface area contributed by atoms with Gasteiger partial charge in [0, 0.05) is 11.8 Å². The van der Waals surface area contributed by atoms with Gasteiger partial charge in [0.15, 0.2) is 12.4 Å². The third-order valence-electron chi connectivity index (χ3n) is 3.89. The molecule has 6 nitrogen and oxygen atoms in total. The summed E-state index contributed by atoms with van der Waals surface area (Å²) in [5, 5.41) is 3.03. The van der Waals surface area contributed by atoms with E-state index >= 15 is 0 Å². The lowest BCUT2D eigenvalue weighted by Gasteiger charge is -2.13. The molecule has 3 aromatic rings. The van der Waals surface area contributed by atoms with E-state index < -0.39 is 24.2 Å². The molecule has 0 radical (unpaired) electrons.